The Morgan fingerprint density at radius 1 is 1.38 bits per heavy atom. The van der Waals surface area contributed by atoms with E-state index in [1.54, 1.807) is 18.3 Å². The molecular formula is C16H18N2O3. The summed E-state index contributed by atoms with van der Waals surface area (Å²) in [5.74, 6) is 0.448. The van der Waals surface area contributed by atoms with Crippen LogP contribution in [0.3, 0.4) is 0 Å². The second-order valence-corrected chi connectivity index (χ2v) is 5.40. The number of aromatic carboxylic acids is 1. The molecule has 0 atom stereocenters. The Kier molecular flexibility index (Phi) is 3.75. The van der Waals surface area contributed by atoms with Crippen molar-refractivity contribution in [2.75, 3.05) is 13.2 Å². The zero-order chi connectivity index (χ0) is 14.8. The minimum Gasteiger partial charge on any atom is -0.478 e. The van der Waals surface area contributed by atoms with E-state index in [0.717, 1.165) is 48.7 Å². The summed E-state index contributed by atoms with van der Waals surface area (Å²) in [7, 11) is 0. The topological polar surface area (TPSA) is 75.2 Å². The summed E-state index contributed by atoms with van der Waals surface area (Å²) in [6.45, 7) is 3.51. The maximum Gasteiger partial charge on any atom is 0.335 e. The first kappa shape index (κ1) is 13.8. The van der Waals surface area contributed by atoms with Gasteiger partial charge in [-0.15, -0.1) is 0 Å². The van der Waals surface area contributed by atoms with Crippen LogP contribution in [0.1, 0.15) is 40.5 Å². The molecule has 1 fully saturated rings. The first-order valence-corrected chi connectivity index (χ1v) is 7.12. The molecule has 3 rings (SSSR count). The molecule has 1 aliphatic rings. The van der Waals surface area contributed by atoms with Gasteiger partial charge in [0.05, 0.1) is 17.5 Å². The van der Waals surface area contributed by atoms with Gasteiger partial charge in [0, 0.05) is 24.7 Å². The minimum absolute atomic E-state index is 0.290. The molecule has 2 N–H and O–H groups in total. The van der Waals surface area contributed by atoms with Gasteiger partial charge in [-0.25, -0.2) is 9.78 Å². The number of aromatic nitrogens is 2. The lowest BCUT2D eigenvalue weighted by Crippen LogP contribution is -2.15. The molecule has 5 nitrogen and oxygen atoms in total. The molecule has 0 bridgehead atoms. The van der Waals surface area contributed by atoms with E-state index in [0.29, 0.717) is 5.92 Å². The molecule has 1 aliphatic heterocycles. The minimum atomic E-state index is -0.916. The number of carboxylic acids is 1. The number of H-pyrrole nitrogens is 1. The number of hydrogen-bond acceptors (Lipinski definition) is 3. The van der Waals surface area contributed by atoms with Crippen LogP contribution < -0.4 is 0 Å². The van der Waals surface area contributed by atoms with E-state index >= 15 is 0 Å². The molecule has 0 saturated carbocycles. The monoisotopic (exact) mass is 286 g/mol. The fourth-order valence-electron chi connectivity index (χ4n) is 2.70. The predicted molar refractivity (Wildman–Crippen MR) is 78.5 cm³/mol. The molecule has 0 amide bonds. The quantitative estimate of drug-likeness (QED) is 0.909. The van der Waals surface area contributed by atoms with Crippen molar-refractivity contribution in [1.29, 1.82) is 0 Å². The van der Waals surface area contributed by atoms with Crippen LogP contribution >= 0.6 is 0 Å². The number of hydrogen-bond donors (Lipinski definition) is 2. The van der Waals surface area contributed by atoms with Crippen LogP contribution in [0.2, 0.25) is 0 Å². The molecule has 21 heavy (non-hydrogen) atoms. The van der Waals surface area contributed by atoms with Crippen molar-refractivity contribution in [1.82, 2.24) is 9.97 Å². The van der Waals surface area contributed by atoms with Crippen molar-refractivity contribution in [2.45, 2.75) is 25.7 Å². The zero-order valence-electron chi connectivity index (χ0n) is 11.9. The zero-order valence-corrected chi connectivity index (χ0v) is 11.9. The molecule has 0 unspecified atom stereocenters. The Labute approximate surface area is 123 Å². The fraction of sp³-hybridized carbons (Fsp3) is 0.375. The summed E-state index contributed by atoms with van der Waals surface area (Å²) in [4.78, 5) is 18.9. The maximum atomic E-state index is 11.1. The van der Waals surface area contributed by atoms with Gasteiger partial charge in [0.2, 0.25) is 0 Å². The summed E-state index contributed by atoms with van der Waals surface area (Å²) in [5, 5.41) is 9.12. The number of nitrogens with zero attached hydrogens (tertiary/aromatic N) is 1. The summed E-state index contributed by atoms with van der Waals surface area (Å²) >= 11 is 0. The highest BCUT2D eigenvalue weighted by atomic mass is 16.5. The second-order valence-electron chi connectivity index (χ2n) is 5.40. The van der Waals surface area contributed by atoms with Gasteiger partial charge in [-0.3, -0.25) is 0 Å². The van der Waals surface area contributed by atoms with Crippen LogP contribution in [0.15, 0.2) is 24.4 Å². The highest BCUT2D eigenvalue weighted by Crippen LogP contribution is 2.28. The number of rotatable bonds is 3. The number of aromatic amines is 1. The Morgan fingerprint density at radius 2 is 2.14 bits per heavy atom. The lowest BCUT2D eigenvalue weighted by molar-refractivity contribution is 0.0697. The Bertz CT molecular complexity index is 657. The van der Waals surface area contributed by atoms with Crippen molar-refractivity contribution < 1.29 is 14.6 Å². The van der Waals surface area contributed by atoms with Crippen LogP contribution in [0.4, 0.5) is 0 Å². The lowest BCUT2D eigenvalue weighted by atomic mass is 10.00. The molecule has 110 valence electrons. The molecular weight excluding hydrogens is 268 g/mol. The average Bonchev–Trinajstić information content (AvgIpc) is 2.98. The number of nitrogens with one attached hydrogen (secondary N) is 1. The first-order valence-electron chi connectivity index (χ1n) is 7.12. The molecule has 0 spiro atoms. The summed E-state index contributed by atoms with van der Waals surface area (Å²) in [5.41, 5.74) is 3.08. The van der Waals surface area contributed by atoms with Gasteiger partial charge in [-0.2, -0.15) is 0 Å². The summed E-state index contributed by atoms with van der Waals surface area (Å²) in [6, 6.07) is 5.14. The van der Waals surface area contributed by atoms with Gasteiger partial charge in [0.25, 0.3) is 0 Å². The standard InChI is InChI=1S/C16H18N2O3/c1-10-2-3-12(16(19)20)8-13(10)14-9-17-15(18-14)11-4-6-21-7-5-11/h2-3,8-9,11H,4-7H2,1H3,(H,17,18)(H,19,20). The van der Waals surface area contributed by atoms with Crippen LogP contribution in [0.25, 0.3) is 11.3 Å². The third-order valence-corrected chi connectivity index (χ3v) is 3.98. The number of carboxylic acid groups (broad SMARTS) is 1. The molecule has 1 saturated heterocycles. The number of aryl methyl sites for hydroxylation is 1. The van der Waals surface area contributed by atoms with Crippen LogP contribution in [0, 0.1) is 6.92 Å². The van der Waals surface area contributed by atoms with Crippen LogP contribution in [-0.2, 0) is 4.74 Å². The molecule has 1 aromatic heterocycles. The normalized spacial score (nSPS) is 16.0. The fourth-order valence-corrected chi connectivity index (χ4v) is 2.70. The van der Waals surface area contributed by atoms with Gasteiger partial charge < -0.3 is 14.8 Å². The predicted octanol–water partition coefficient (Wildman–Crippen LogP) is 2.98. The largest absolute Gasteiger partial charge is 0.478 e. The second kappa shape index (κ2) is 5.69. The van der Waals surface area contributed by atoms with Crippen molar-refractivity contribution in [2.24, 2.45) is 0 Å². The number of carbonyl (C=O) groups is 1. The van der Waals surface area contributed by atoms with Crippen LogP contribution in [0.5, 0.6) is 0 Å². The van der Waals surface area contributed by atoms with Gasteiger partial charge in [-0.1, -0.05) is 6.07 Å². The van der Waals surface area contributed by atoms with Gasteiger partial charge >= 0.3 is 5.97 Å². The number of ether oxygens (including phenoxy) is 1. The number of benzene rings is 1. The third-order valence-electron chi connectivity index (χ3n) is 3.98. The SMILES string of the molecule is Cc1ccc(C(=O)O)cc1-c1cnc(C2CCOCC2)[nH]1. The summed E-state index contributed by atoms with van der Waals surface area (Å²) in [6.07, 6.45) is 3.74. The highest BCUT2D eigenvalue weighted by molar-refractivity contribution is 5.89. The van der Waals surface area contributed by atoms with Crippen molar-refractivity contribution in [3.8, 4) is 11.3 Å². The maximum absolute atomic E-state index is 11.1. The third kappa shape index (κ3) is 2.83. The van der Waals surface area contributed by atoms with E-state index in [1.807, 2.05) is 13.0 Å². The Morgan fingerprint density at radius 3 is 2.86 bits per heavy atom. The Hall–Kier alpha value is -2.14. The van der Waals surface area contributed by atoms with Crippen molar-refractivity contribution in [3.63, 3.8) is 0 Å². The summed E-state index contributed by atoms with van der Waals surface area (Å²) < 4.78 is 5.37. The van der Waals surface area contributed by atoms with E-state index in [9.17, 15) is 4.79 Å². The van der Waals surface area contributed by atoms with E-state index in [-0.39, 0.29) is 5.56 Å². The van der Waals surface area contributed by atoms with Crippen molar-refractivity contribution in [3.05, 3.63) is 41.3 Å². The first-order chi connectivity index (χ1) is 10.1. The van der Waals surface area contributed by atoms with E-state index in [2.05, 4.69) is 9.97 Å². The Balaban J connectivity index is 1.92. The number of imidazole rings is 1. The smallest absolute Gasteiger partial charge is 0.335 e. The highest BCUT2D eigenvalue weighted by Gasteiger charge is 2.19. The van der Waals surface area contributed by atoms with E-state index < -0.39 is 5.97 Å². The van der Waals surface area contributed by atoms with Crippen molar-refractivity contribution >= 4 is 5.97 Å². The average molecular weight is 286 g/mol. The molecule has 2 heterocycles. The molecule has 2 aromatic rings. The molecule has 0 aliphatic carbocycles. The van der Waals surface area contributed by atoms with Crippen LogP contribution in [-0.4, -0.2) is 34.3 Å². The van der Waals surface area contributed by atoms with E-state index in [1.165, 1.54) is 0 Å². The molecule has 1 aromatic carbocycles. The van der Waals surface area contributed by atoms with Gasteiger partial charge in [0.1, 0.15) is 5.82 Å². The molecule has 5 heteroatoms. The lowest BCUT2D eigenvalue weighted by Gasteiger charge is -2.19. The molecule has 0 radical (unpaired) electrons. The van der Waals surface area contributed by atoms with E-state index in [4.69, 9.17) is 9.84 Å². The van der Waals surface area contributed by atoms with Gasteiger partial charge in [-0.05, 0) is 37.5 Å². The van der Waals surface area contributed by atoms with Gasteiger partial charge in [0.15, 0.2) is 0 Å².